The molecule has 0 atom stereocenters. The van der Waals surface area contributed by atoms with Crippen molar-refractivity contribution < 1.29 is 13.6 Å². The molecule has 8 heteroatoms. The molecule has 2 amide bonds. The van der Waals surface area contributed by atoms with Crippen molar-refractivity contribution in [1.29, 1.82) is 0 Å². The summed E-state index contributed by atoms with van der Waals surface area (Å²) in [6.45, 7) is 1.69. The van der Waals surface area contributed by atoms with Crippen LogP contribution >= 0.6 is 23.2 Å². The van der Waals surface area contributed by atoms with Gasteiger partial charge in [-0.25, -0.2) is 13.6 Å². The van der Waals surface area contributed by atoms with E-state index in [4.69, 9.17) is 23.2 Å². The first kappa shape index (κ1) is 17.8. The Bertz CT molecular complexity index is 795. The van der Waals surface area contributed by atoms with Crippen LogP contribution in [0.3, 0.4) is 0 Å². The lowest BCUT2D eigenvalue weighted by Gasteiger charge is -2.36. The molecule has 1 fully saturated rings. The highest BCUT2D eigenvalue weighted by atomic mass is 35.5. The molecule has 2 aromatic rings. The van der Waals surface area contributed by atoms with Crippen LogP contribution in [0.4, 0.5) is 25.0 Å². The SMILES string of the molecule is O=C(Nc1cc(Cl)ccc1Cl)N1CCN(c2ccc(F)cc2F)CC1. The van der Waals surface area contributed by atoms with E-state index in [0.29, 0.717) is 47.6 Å². The number of urea groups is 1. The minimum absolute atomic E-state index is 0.302. The average Bonchev–Trinajstić information content (AvgIpc) is 2.58. The van der Waals surface area contributed by atoms with Crippen molar-refractivity contribution in [2.24, 2.45) is 0 Å². The molecule has 0 spiro atoms. The molecule has 0 radical (unpaired) electrons. The van der Waals surface area contributed by atoms with E-state index in [1.54, 1.807) is 28.0 Å². The van der Waals surface area contributed by atoms with Gasteiger partial charge in [0.15, 0.2) is 0 Å². The maximum Gasteiger partial charge on any atom is 0.322 e. The fourth-order valence-electron chi connectivity index (χ4n) is 2.68. The molecule has 3 rings (SSSR count). The van der Waals surface area contributed by atoms with E-state index in [1.807, 2.05) is 0 Å². The second-order valence-corrected chi connectivity index (χ2v) is 6.47. The smallest absolute Gasteiger partial charge is 0.322 e. The molecule has 1 aliphatic rings. The molecule has 1 saturated heterocycles. The molecule has 0 aliphatic carbocycles. The van der Waals surface area contributed by atoms with Gasteiger partial charge in [-0.05, 0) is 30.3 Å². The summed E-state index contributed by atoms with van der Waals surface area (Å²) in [5.41, 5.74) is 0.769. The van der Waals surface area contributed by atoms with Gasteiger partial charge in [0, 0.05) is 37.3 Å². The first-order valence-corrected chi connectivity index (χ1v) is 8.40. The quantitative estimate of drug-likeness (QED) is 0.817. The van der Waals surface area contributed by atoms with Crippen molar-refractivity contribution in [2.75, 3.05) is 36.4 Å². The van der Waals surface area contributed by atoms with Gasteiger partial charge in [0.1, 0.15) is 11.6 Å². The van der Waals surface area contributed by atoms with Crippen molar-refractivity contribution in [1.82, 2.24) is 4.90 Å². The lowest BCUT2D eigenvalue weighted by atomic mass is 10.2. The number of amides is 2. The van der Waals surface area contributed by atoms with E-state index in [1.165, 1.54) is 12.1 Å². The monoisotopic (exact) mass is 385 g/mol. The molecule has 0 bridgehead atoms. The van der Waals surface area contributed by atoms with E-state index in [-0.39, 0.29) is 6.03 Å². The Morgan fingerprint density at radius 1 is 1.00 bits per heavy atom. The van der Waals surface area contributed by atoms with Gasteiger partial charge in [0.25, 0.3) is 0 Å². The molecular weight excluding hydrogens is 371 g/mol. The van der Waals surface area contributed by atoms with Crippen LogP contribution in [-0.4, -0.2) is 37.1 Å². The molecule has 2 aromatic carbocycles. The van der Waals surface area contributed by atoms with Crippen LogP contribution in [0, 0.1) is 11.6 Å². The molecular formula is C17H15Cl2F2N3O. The second kappa shape index (κ2) is 7.45. The van der Waals surface area contributed by atoms with Crippen molar-refractivity contribution in [3.8, 4) is 0 Å². The molecule has 0 unspecified atom stereocenters. The number of hydrogen-bond acceptors (Lipinski definition) is 2. The molecule has 1 N–H and O–H groups in total. The summed E-state index contributed by atoms with van der Waals surface area (Å²) >= 11 is 11.9. The molecule has 0 aromatic heterocycles. The summed E-state index contributed by atoms with van der Waals surface area (Å²) < 4.78 is 26.9. The van der Waals surface area contributed by atoms with Gasteiger partial charge < -0.3 is 15.1 Å². The first-order valence-electron chi connectivity index (χ1n) is 7.65. The zero-order valence-electron chi connectivity index (χ0n) is 13.1. The minimum Gasteiger partial charge on any atom is -0.366 e. The first-order chi connectivity index (χ1) is 11.9. The summed E-state index contributed by atoms with van der Waals surface area (Å²) in [5, 5.41) is 3.58. The van der Waals surface area contributed by atoms with Crippen LogP contribution in [0.15, 0.2) is 36.4 Å². The van der Waals surface area contributed by atoms with Crippen molar-refractivity contribution in [3.63, 3.8) is 0 Å². The van der Waals surface area contributed by atoms with Crippen molar-refractivity contribution >= 4 is 40.6 Å². The number of rotatable bonds is 2. The predicted octanol–water partition coefficient (Wildman–Crippen LogP) is 4.63. The van der Waals surface area contributed by atoms with E-state index < -0.39 is 11.6 Å². The Hall–Kier alpha value is -2.05. The van der Waals surface area contributed by atoms with Crippen LogP contribution < -0.4 is 10.2 Å². The third-order valence-corrected chi connectivity index (χ3v) is 4.55. The summed E-state index contributed by atoms with van der Waals surface area (Å²) in [6.07, 6.45) is 0. The Kier molecular flexibility index (Phi) is 5.30. The van der Waals surface area contributed by atoms with Gasteiger partial charge in [-0.3, -0.25) is 0 Å². The number of nitrogens with zero attached hydrogens (tertiary/aromatic N) is 2. The van der Waals surface area contributed by atoms with E-state index >= 15 is 0 Å². The standard InChI is InChI=1S/C17H15Cl2F2N3O/c18-11-1-3-13(19)15(9-11)22-17(25)24-7-5-23(6-8-24)16-4-2-12(20)10-14(16)21/h1-4,9-10H,5-8H2,(H,22,25). The van der Waals surface area contributed by atoms with Crippen LogP contribution in [-0.2, 0) is 0 Å². The highest BCUT2D eigenvalue weighted by Crippen LogP contribution is 2.26. The summed E-state index contributed by atoms with van der Waals surface area (Å²) in [5.74, 6) is -1.22. The minimum atomic E-state index is -0.613. The van der Waals surface area contributed by atoms with Gasteiger partial charge in [-0.15, -0.1) is 0 Å². The summed E-state index contributed by atoms with van der Waals surface area (Å²) in [4.78, 5) is 15.7. The largest absolute Gasteiger partial charge is 0.366 e. The van der Waals surface area contributed by atoms with Crippen LogP contribution in [0.2, 0.25) is 10.0 Å². The van der Waals surface area contributed by atoms with Gasteiger partial charge in [0.05, 0.1) is 16.4 Å². The summed E-state index contributed by atoms with van der Waals surface area (Å²) in [6, 6.07) is 8.00. The van der Waals surface area contributed by atoms with Crippen LogP contribution in [0.1, 0.15) is 0 Å². The number of anilines is 2. The van der Waals surface area contributed by atoms with Gasteiger partial charge in [-0.2, -0.15) is 0 Å². The topological polar surface area (TPSA) is 35.6 Å². The number of piperazine rings is 1. The lowest BCUT2D eigenvalue weighted by molar-refractivity contribution is 0.208. The highest BCUT2D eigenvalue weighted by molar-refractivity contribution is 6.35. The number of nitrogens with one attached hydrogen (secondary N) is 1. The Labute approximate surface area is 153 Å². The van der Waals surface area contributed by atoms with Gasteiger partial charge in [-0.1, -0.05) is 23.2 Å². The summed E-state index contributed by atoms with van der Waals surface area (Å²) in [7, 11) is 0. The van der Waals surface area contributed by atoms with Crippen molar-refractivity contribution in [3.05, 3.63) is 58.1 Å². The Morgan fingerprint density at radius 3 is 2.40 bits per heavy atom. The third-order valence-electron chi connectivity index (χ3n) is 3.99. The maximum absolute atomic E-state index is 13.9. The van der Waals surface area contributed by atoms with Crippen LogP contribution in [0.25, 0.3) is 0 Å². The number of benzene rings is 2. The Morgan fingerprint density at radius 2 is 1.72 bits per heavy atom. The average molecular weight is 386 g/mol. The fourth-order valence-corrected chi connectivity index (χ4v) is 3.01. The molecule has 1 heterocycles. The van der Waals surface area contributed by atoms with Gasteiger partial charge >= 0.3 is 6.03 Å². The third kappa shape index (κ3) is 4.14. The highest BCUT2D eigenvalue weighted by Gasteiger charge is 2.23. The maximum atomic E-state index is 13.9. The number of carbonyl (C=O) groups excluding carboxylic acids is 1. The molecule has 25 heavy (non-hydrogen) atoms. The molecule has 4 nitrogen and oxygen atoms in total. The predicted molar refractivity (Wildman–Crippen MR) is 95.6 cm³/mol. The van der Waals surface area contributed by atoms with Crippen LogP contribution in [0.5, 0.6) is 0 Å². The number of halogens is 4. The number of carbonyl (C=O) groups is 1. The van der Waals surface area contributed by atoms with E-state index in [2.05, 4.69) is 5.32 Å². The zero-order valence-corrected chi connectivity index (χ0v) is 14.6. The Balaban J connectivity index is 1.62. The molecule has 1 aliphatic heterocycles. The van der Waals surface area contributed by atoms with E-state index in [9.17, 15) is 13.6 Å². The normalized spacial score (nSPS) is 14.6. The van der Waals surface area contributed by atoms with Gasteiger partial charge in [0.2, 0.25) is 0 Å². The number of hydrogen-bond donors (Lipinski definition) is 1. The zero-order chi connectivity index (χ0) is 18.0. The lowest BCUT2D eigenvalue weighted by Crippen LogP contribution is -2.50. The fraction of sp³-hybridized carbons (Fsp3) is 0.235. The van der Waals surface area contributed by atoms with E-state index in [0.717, 1.165) is 6.07 Å². The molecule has 132 valence electrons. The molecule has 0 saturated carbocycles. The second-order valence-electron chi connectivity index (χ2n) is 5.62. The van der Waals surface area contributed by atoms with Crippen molar-refractivity contribution in [2.45, 2.75) is 0 Å².